The van der Waals surface area contributed by atoms with Gasteiger partial charge in [0, 0.05) is 16.5 Å². The zero-order valence-corrected chi connectivity index (χ0v) is 18.2. The number of hydrogen-bond donors (Lipinski definition) is 0. The Hall–Kier alpha value is -3.99. The number of ketones is 1. The van der Waals surface area contributed by atoms with Crippen molar-refractivity contribution in [3.8, 4) is 17.0 Å². The molecule has 32 heavy (non-hydrogen) atoms. The molecule has 0 aliphatic heterocycles. The summed E-state index contributed by atoms with van der Waals surface area (Å²) in [5.41, 5.74) is 5.07. The highest BCUT2D eigenvalue weighted by atomic mass is 16.5. The van der Waals surface area contributed by atoms with E-state index in [4.69, 9.17) is 14.5 Å². The van der Waals surface area contributed by atoms with E-state index < -0.39 is 5.97 Å². The Balaban J connectivity index is 1.66. The van der Waals surface area contributed by atoms with E-state index in [0.29, 0.717) is 27.8 Å². The Morgan fingerprint density at radius 1 is 0.875 bits per heavy atom. The van der Waals surface area contributed by atoms with Crippen LogP contribution < -0.4 is 4.74 Å². The predicted octanol–water partition coefficient (Wildman–Crippen LogP) is 5.57. The third-order valence-corrected chi connectivity index (χ3v) is 5.41. The van der Waals surface area contributed by atoms with Gasteiger partial charge in [-0.2, -0.15) is 0 Å². The fraction of sp³-hybridized carbons (Fsp3) is 0.148. The molecule has 4 rings (SSSR count). The Bertz CT molecular complexity index is 1290. The third kappa shape index (κ3) is 4.23. The first kappa shape index (κ1) is 21.2. The molecule has 5 heteroatoms. The number of para-hydroxylation sites is 1. The SMILES string of the molecule is COc1ccc(C(=O)COC(=O)c2c(C)c(-c3ccc(C)cc3)nc3ccccc23)cc1. The van der Waals surface area contributed by atoms with Crippen LogP contribution in [0.5, 0.6) is 5.75 Å². The average molecular weight is 425 g/mol. The van der Waals surface area contributed by atoms with Gasteiger partial charge in [-0.05, 0) is 49.7 Å². The van der Waals surface area contributed by atoms with Gasteiger partial charge in [-0.1, -0.05) is 48.0 Å². The smallest absolute Gasteiger partial charge is 0.339 e. The highest BCUT2D eigenvalue weighted by Crippen LogP contribution is 2.30. The third-order valence-electron chi connectivity index (χ3n) is 5.41. The van der Waals surface area contributed by atoms with Gasteiger partial charge in [0.2, 0.25) is 0 Å². The minimum absolute atomic E-state index is 0.282. The van der Waals surface area contributed by atoms with Gasteiger partial charge in [-0.25, -0.2) is 9.78 Å². The molecule has 1 heterocycles. The summed E-state index contributed by atoms with van der Waals surface area (Å²) in [6, 6.07) is 22.1. The molecule has 0 saturated carbocycles. The first-order valence-corrected chi connectivity index (χ1v) is 10.3. The number of aryl methyl sites for hydroxylation is 1. The summed E-state index contributed by atoms with van der Waals surface area (Å²) in [6.07, 6.45) is 0. The summed E-state index contributed by atoms with van der Waals surface area (Å²) in [7, 11) is 1.56. The van der Waals surface area contributed by atoms with Crippen LogP contribution in [-0.4, -0.2) is 30.5 Å². The minimum Gasteiger partial charge on any atom is -0.497 e. The minimum atomic E-state index is -0.545. The van der Waals surface area contributed by atoms with E-state index in [-0.39, 0.29) is 12.4 Å². The topological polar surface area (TPSA) is 65.5 Å². The molecule has 0 aliphatic carbocycles. The van der Waals surface area contributed by atoms with Crippen LogP contribution in [0.2, 0.25) is 0 Å². The number of rotatable bonds is 6. The number of esters is 1. The van der Waals surface area contributed by atoms with E-state index in [1.54, 1.807) is 31.4 Å². The Labute approximate surface area is 186 Å². The normalized spacial score (nSPS) is 10.7. The van der Waals surface area contributed by atoms with Gasteiger partial charge < -0.3 is 9.47 Å². The molecule has 0 bridgehead atoms. The summed E-state index contributed by atoms with van der Waals surface area (Å²) in [5, 5.41) is 0.697. The Morgan fingerprint density at radius 2 is 1.56 bits per heavy atom. The van der Waals surface area contributed by atoms with Crippen LogP contribution in [0.15, 0.2) is 72.8 Å². The lowest BCUT2D eigenvalue weighted by Crippen LogP contribution is -2.16. The maximum Gasteiger partial charge on any atom is 0.339 e. The standard InChI is InChI=1S/C27H23NO4/c1-17-8-10-20(11-9-17)26-18(2)25(22-6-4-5-7-23(22)28-26)27(30)32-16-24(29)19-12-14-21(31-3)15-13-19/h4-15H,16H2,1-3H3. The van der Waals surface area contributed by atoms with Gasteiger partial charge >= 0.3 is 5.97 Å². The largest absolute Gasteiger partial charge is 0.497 e. The lowest BCUT2D eigenvalue weighted by Gasteiger charge is -2.14. The van der Waals surface area contributed by atoms with E-state index in [1.807, 2.05) is 62.4 Å². The van der Waals surface area contributed by atoms with Crippen molar-refractivity contribution in [2.75, 3.05) is 13.7 Å². The van der Waals surface area contributed by atoms with E-state index in [0.717, 1.165) is 22.4 Å². The molecule has 0 N–H and O–H groups in total. The van der Waals surface area contributed by atoms with Crippen LogP contribution in [0, 0.1) is 13.8 Å². The van der Waals surface area contributed by atoms with Crippen molar-refractivity contribution < 1.29 is 19.1 Å². The first-order valence-electron chi connectivity index (χ1n) is 10.3. The number of hydrogen-bond acceptors (Lipinski definition) is 5. The lowest BCUT2D eigenvalue weighted by molar-refractivity contribution is 0.0476. The van der Waals surface area contributed by atoms with Crippen LogP contribution in [0.25, 0.3) is 22.2 Å². The van der Waals surface area contributed by atoms with Gasteiger partial charge in [-0.3, -0.25) is 4.79 Å². The average Bonchev–Trinajstić information content (AvgIpc) is 2.82. The molecular weight excluding hydrogens is 402 g/mol. The van der Waals surface area contributed by atoms with Gasteiger partial charge in [0.05, 0.1) is 23.9 Å². The maximum absolute atomic E-state index is 13.1. The molecule has 4 aromatic rings. The number of pyridine rings is 1. The van der Waals surface area contributed by atoms with Gasteiger partial charge in [-0.15, -0.1) is 0 Å². The molecule has 0 fully saturated rings. The van der Waals surface area contributed by atoms with Crippen molar-refractivity contribution in [1.82, 2.24) is 4.98 Å². The zero-order chi connectivity index (χ0) is 22.7. The quantitative estimate of drug-likeness (QED) is 0.299. The lowest BCUT2D eigenvalue weighted by atomic mass is 9.97. The second-order valence-corrected chi connectivity index (χ2v) is 7.57. The molecular formula is C27H23NO4. The molecule has 0 unspecified atom stereocenters. The van der Waals surface area contributed by atoms with E-state index in [9.17, 15) is 9.59 Å². The summed E-state index contributed by atoms with van der Waals surface area (Å²) in [6.45, 7) is 3.53. The number of aromatic nitrogens is 1. The van der Waals surface area contributed by atoms with Crippen molar-refractivity contribution >= 4 is 22.7 Å². The number of nitrogens with zero attached hydrogens (tertiary/aromatic N) is 1. The van der Waals surface area contributed by atoms with Crippen LogP contribution in [0.4, 0.5) is 0 Å². The number of benzene rings is 3. The molecule has 1 aromatic heterocycles. The monoisotopic (exact) mass is 425 g/mol. The Kier molecular flexibility index (Phi) is 5.99. The maximum atomic E-state index is 13.1. The van der Waals surface area contributed by atoms with Crippen molar-refractivity contribution in [3.63, 3.8) is 0 Å². The number of ether oxygens (including phenoxy) is 2. The molecule has 160 valence electrons. The van der Waals surface area contributed by atoms with Crippen molar-refractivity contribution in [1.29, 1.82) is 0 Å². The molecule has 5 nitrogen and oxygen atoms in total. The zero-order valence-electron chi connectivity index (χ0n) is 18.2. The molecule has 0 saturated heterocycles. The fourth-order valence-electron chi connectivity index (χ4n) is 3.63. The van der Waals surface area contributed by atoms with Crippen LogP contribution in [-0.2, 0) is 4.74 Å². The van der Waals surface area contributed by atoms with Crippen molar-refractivity contribution in [3.05, 3.63) is 95.1 Å². The fourth-order valence-corrected chi connectivity index (χ4v) is 3.63. The molecule has 0 radical (unpaired) electrons. The number of fused-ring (bicyclic) bond motifs is 1. The van der Waals surface area contributed by atoms with Crippen LogP contribution in [0.1, 0.15) is 31.8 Å². The molecule has 3 aromatic carbocycles. The summed E-state index contributed by atoms with van der Waals surface area (Å²) >= 11 is 0. The Morgan fingerprint density at radius 3 is 2.25 bits per heavy atom. The number of carbonyl (C=O) groups is 2. The second kappa shape index (κ2) is 9.02. The van der Waals surface area contributed by atoms with E-state index in [2.05, 4.69) is 0 Å². The number of carbonyl (C=O) groups excluding carboxylic acids is 2. The summed E-state index contributed by atoms with van der Waals surface area (Å²) in [4.78, 5) is 30.4. The number of Topliss-reactive ketones (excluding diaryl/α,β-unsaturated/α-hetero) is 1. The first-order chi connectivity index (χ1) is 15.5. The van der Waals surface area contributed by atoms with Crippen molar-refractivity contribution in [2.45, 2.75) is 13.8 Å². The van der Waals surface area contributed by atoms with E-state index >= 15 is 0 Å². The molecule has 0 spiro atoms. The second-order valence-electron chi connectivity index (χ2n) is 7.57. The predicted molar refractivity (Wildman–Crippen MR) is 124 cm³/mol. The van der Waals surface area contributed by atoms with Gasteiger partial charge in [0.25, 0.3) is 0 Å². The van der Waals surface area contributed by atoms with E-state index in [1.165, 1.54) is 0 Å². The number of methoxy groups -OCH3 is 1. The van der Waals surface area contributed by atoms with Crippen LogP contribution in [0.3, 0.4) is 0 Å². The highest BCUT2D eigenvalue weighted by molar-refractivity contribution is 6.07. The molecule has 0 amide bonds. The summed E-state index contributed by atoms with van der Waals surface area (Å²) < 4.78 is 10.6. The molecule has 0 atom stereocenters. The molecule has 0 aliphatic rings. The summed E-state index contributed by atoms with van der Waals surface area (Å²) in [5.74, 6) is -0.173. The van der Waals surface area contributed by atoms with Gasteiger partial charge in [0.1, 0.15) is 5.75 Å². The van der Waals surface area contributed by atoms with Crippen molar-refractivity contribution in [2.24, 2.45) is 0 Å². The highest BCUT2D eigenvalue weighted by Gasteiger charge is 2.21. The van der Waals surface area contributed by atoms with Gasteiger partial charge in [0.15, 0.2) is 12.4 Å². The van der Waals surface area contributed by atoms with Crippen LogP contribution >= 0.6 is 0 Å².